The largest absolute Gasteiger partial charge is 0.511 e. The average molecular weight is 205 g/mol. The van der Waals surface area contributed by atoms with Crippen molar-refractivity contribution in [2.75, 3.05) is 13.1 Å². The first-order chi connectivity index (χ1) is 5.25. The van der Waals surface area contributed by atoms with Crippen molar-refractivity contribution >= 4 is 10.0 Å². The van der Waals surface area contributed by atoms with E-state index in [2.05, 4.69) is 0 Å². The Labute approximate surface area is 66.6 Å². The summed E-state index contributed by atoms with van der Waals surface area (Å²) in [5.41, 5.74) is -5.26. The normalized spacial score (nSPS) is 22.3. The van der Waals surface area contributed by atoms with Crippen LogP contribution in [0.5, 0.6) is 0 Å². The van der Waals surface area contributed by atoms with Crippen LogP contribution < -0.4 is 0 Å². The molecule has 12 heavy (non-hydrogen) atoms. The first kappa shape index (κ1) is 9.75. The Morgan fingerprint density at radius 3 is 2.00 bits per heavy atom. The lowest BCUT2D eigenvalue weighted by atomic mass is 10.2. The summed E-state index contributed by atoms with van der Waals surface area (Å²) in [7, 11) is -5.20. The maximum Gasteiger partial charge on any atom is 0.511 e. The van der Waals surface area contributed by atoms with Crippen LogP contribution in [-0.2, 0) is 10.0 Å². The molecule has 1 aliphatic heterocycles. The van der Waals surface area contributed by atoms with Crippen LogP contribution in [0.1, 0.15) is 0 Å². The third-order valence-corrected chi connectivity index (χ3v) is 3.02. The van der Waals surface area contributed by atoms with Gasteiger partial charge in [-0.2, -0.15) is 17.5 Å². The monoisotopic (exact) mass is 205 g/mol. The highest BCUT2D eigenvalue weighted by Gasteiger charge is 2.53. The summed E-state index contributed by atoms with van der Waals surface area (Å²) < 4.78 is 56.3. The van der Waals surface area contributed by atoms with E-state index in [1.807, 2.05) is 0 Å². The third kappa shape index (κ3) is 1.41. The van der Waals surface area contributed by atoms with Crippen molar-refractivity contribution in [3.63, 3.8) is 0 Å². The Balaban J connectivity index is 2.75. The maximum absolute atomic E-state index is 11.7. The Hall–Kier alpha value is -0.340. The molecular weight excluding hydrogens is 199 g/mol. The van der Waals surface area contributed by atoms with Gasteiger partial charge in [0.25, 0.3) is 0 Å². The molecule has 72 valence electrons. The highest BCUT2D eigenvalue weighted by atomic mass is 32.2. The minimum Gasteiger partial charge on any atom is -0.390 e. The molecule has 0 aromatic carbocycles. The zero-order chi connectivity index (χ0) is 9.57. The fourth-order valence-electron chi connectivity index (χ4n) is 0.759. The van der Waals surface area contributed by atoms with Crippen molar-refractivity contribution < 1.29 is 26.7 Å². The third-order valence-electron chi connectivity index (χ3n) is 1.46. The van der Waals surface area contributed by atoms with Crippen molar-refractivity contribution in [2.24, 2.45) is 0 Å². The van der Waals surface area contributed by atoms with Crippen molar-refractivity contribution in [1.29, 1.82) is 0 Å². The summed E-state index contributed by atoms with van der Waals surface area (Å²) >= 11 is 0. The van der Waals surface area contributed by atoms with Crippen LogP contribution >= 0.6 is 0 Å². The standard InChI is InChI=1S/C4H6F3NO3S/c5-4(6,7)12(10,11)8-1-3(9)2-8/h3,9H,1-2H2. The minimum atomic E-state index is -5.26. The topological polar surface area (TPSA) is 57.6 Å². The van der Waals surface area contributed by atoms with E-state index in [9.17, 15) is 21.6 Å². The van der Waals surface area contributed by atoms with Gasteiger partial charge in [0.2, 0.25) is 0 Å². The van der Waals surface area contributed by atoms with Crippen LogP contribution in [0.4, 0.5) is 13.2 Å². The minimum absolute atomic E-state index is 0.192. The lowest BCUT2D eigenvalue weighted by molar-refractivity contribution is -0.0559. The van der Waals surface area contributed by atoms with E-state index in [-0.39, 0.29) is 4.31 Å². The Morgan fingerprint density at radius 1 is 1.33 bits per heavy atom. The summed E-state index contributed by atoms with van der Waals surface area (Å²) in [4.78, 5) is 0. The number of rotatable bonds is 1. The highest BCUT2D eigenvalue weighted by Crippen LogP contribution is 2.29. The van der Waals surface area contributed by atoms with Gasteiger partial charge in [-0.15, -0.1) is 0 Å². The molecule has 1 heterocycles. The number of β-amino-alcohol motifs (C(OH)–C–C–N with tert-alkyl or cyclic N) is 1. The first-order valence-corrected chi connectivity index (χ1v) is 4.43. The van der Waals surface area contributed by atoms with Crippen LogP contribution in [0.3, 0.4) is 0 Å². The van der Waals surface area contributed by atoms with Crippen LogP contribution in [-0.4, -0.2) is 42.5 Å². The number of halogens is 3. The van der Waals surface area contributed by atoms with Gasteiger partial charge in [-0.3, -0.25) is 0 Å². The summed E-state index contributed by atoms with van der Waals surface area (Å²) in [6, 6.07) is 0. The molecule has 0 spiro atoms. The number of nitrogens with zero attached hydrogens (tertiary/aromatic N) is 1. The summed E-state index contributed by atoms with van der Waals surface area (Å²) in [6.07, 6.45) is -0.970. The van der Waals surface area contributed by atoms with E-state index in [0.717, 1.165) is 0 Å². The number of hydrogen-bond acceptors (Lipinski definition) is 3. The molecular formula is C4H6F3NO3S. The zero-order valence-corrected chi connectivity index (χ0v) is 6.56. The van der Waals surface area contributed by atoms with Gasteiger partial charge in [-0.1, -0.05) is 0 Å². The molecule has 0 amide bonds. The van der Waals surface area contributed by atoms with Crippen molar-refractivity contribution in [3.8, 4) is 0 Å². The van der Waals surface area contributed by atoms with Gasteiger partial charge in [0.1, 0.15) is 0 Å². The highest BCUT2D eigenvalue weighted by molar-refractivity contribution is 7.90. The van der Waals surface area contributed by atoms with Gasteiger partial charge in [-0.05, 0) is 0 Å². The molecule has 0 bridgehead atoms. The Morgan fingerprint density at radius 2 is 1.75 bits per heavy atom. The first-order valence-electron chi connectivity index (χ1n) is 2.99. The van der Waals surface area contributed by atoms with Gasteiger partial charge >= 0.3 is 15.5 Å². The fraction of sp³-hybridized carbons (Fsp3) is 1.00. The number of aliphatic hydroxyl groups excluding tert-OH is 1. The summed E-state index contributed by atoms with van der Waals surface area (Å²) in [5, 5.41) is 8.57. The average Bonchev–Trinajstić information content (AvgIpc) is 1.78. The second-order valence-corrected chi connectivity index (χ2v) is 4.35. The Kier molecular flexibility index (Phi) is 2.09. The predicted molar refractivity (Wildman–Crippen MR) is 32.6 cm³/mol. The molecule has 1 N–H and O–H groups in total. The maximum atomic E-state index is 11.7. The Bertz CT molecular complexity index is 266. The van der Waals surface area contributed by atoms with Crippen molar-refractivity contribution in [1.82, 2.24) is 4.31 Å². The van der Waals surface area contributed by atoms with Gasteiger partial charge in [0.15, 0.2) is 0 Å². The second kappa shape index (κ2) is 2.57. The van der Waals surface area contributed by atoms with Crippen LogP contribution in [0, 0.1) is 0 Å². The van der Waals surface area contributed by atoms with E-state index in [1.54, 1.807) is 0 Å². The SMILES string of the molecule is O=S(=O)(N1CC(O)C1)C(F)(F)F. The molecule has 1 aliphatic rings. The van der Waals surface area contributed by atoms with Crippen LogP contribution in [0.25, 0.3) is 0 Å². The van der Waals surface area contributed by atoms with E-state index in [0.29, 0.717) is 0 Å². The van der Waals surface area contributed by atoms with E-state index in [1.165, 1.54) is 0 Å². The molecule has 8 heteroatoms. The molecule has 0 aromatic heterocycles. The molecule has 1 rings (SSSR count). The second-order valence-electron chi connectivity index (χ2n) is 2.42. The van der Waals surface area contributed by atoms with Crippen molar-refractivity contribution in [2.45, 2.75) is 11.6 Å². The molecule has 1 saturated heterocycles. The zero-order valence-electron chi connectivity index (χ0n) is 5.74. The summed E-state index contributed by atoms with van der Waals surface area (Å²) in [5.74, 6) is 0. The number of alkyl halides is 3. The van der Waals surface area contributed by atoms with E-state index in [4.69, 9.17) is 5.11 Å². The van der Waals surface area contributed by atoms with Crippen molar-refractivity contribution in [3.05, 3.63) is 0 Å². The molecule has 0 aromatic rings. The molecule has 1 fully saturated rings. The number of hydrogen-bond donors (Lipinski definition) is 1. The molecule has 4 nitrogen and oxygen atoms in total. The van der Waals surface area contributed by atoms with E-state index >= 15 is 0 Å². The molecule has 0 radical (unpaired) electrons. The molecule has 0 atom stereocenters. The van der Waals surface area contributed by atoms with Crippen LogP contribution in [0.15, 0.2) is 0 Å². The summed E-state index contributed by atoms with van der Waals surface area (Å²) in [6.45, 7) is -0.941. The lowest BCUT2D eigenvalue weighted by Crippen LogP contribution is -2.56. The molecule has 0 aliphatic carbocycles. The quantitative estimate of drug-likeness (QED) is 0.628. The number of sulfonamides is 1. The molecule has 0 saturated carbocycles. The number of aliphatic hydroxyl groups is 1. The predicted octanol–water partition coefficient (Wildman–Crippen LogP) is -0.487. The molecule has 0 unspecified atom stereocenters. The fourth-order valence-corrected chi connectivity index (χ4v) is 1.79. The van der Waals surface area contributed by atoms with E-state index < -0.39 is 34.7 Å². The van der Waals surface area contributed by atoms with Gasteiger partial charge in [0, 0.05) is 13.1 Å². The smallest absolute Gasteiger partial charge is 0.390 e. The lowest BCUT2D eigenvalue weighted by Gasteiger charge is -2.34. The van der Waals surface area contributed by atoms with Crippen LogP contribution in [0.2, 0.25) is 0 Å². The van der Waals surface area contributed by atoms with Gasteiger partial charge in [-0.25, -0.2) is 8.42 Å². The van der Waals surface area contributed by atoms with Gasteiger partial charge in [0.05, 0.1) is 6.10 Å². The van der Waals surface area contributed by atoms with Gasteiger partial charge < -0.3 is 5.11 Å².